The van der Waals surface area contributed by atoms with Gasteiger partial charge >= 0.3 is 0 Å². The van der Waals surface area contributed by atoms with Crippen molar-refractivity contribution in [2.45, 2.75) is 33.2 Å². The minimum atomic E-state index is -0.283. The zero-order valence-corrected chi connectivity index (χ0v) is 17.6. The second kappa shape index (κ2) is 9.42. The molecule has 0 aliphatic carbocycles. The minimum Gasteiger partial charge on any atom is -0.495 e. The Morgan fingerprint density at radius 2 is 1.96 bits per heavy atom. The van der Waals surface area contributed by atoms with E-state index in [-0.39, 0.29) is 24.4 Å². The van der Waals surface area contributed by atoms with Gasteiger partial charge in [-0.2, -0.15) is 0 Å². The third-order valence-electron chi connectivity index (χ3n) is 5.17. The van der Waals surface area contributed by atoms with E-state index in [1.54, 1.807) is 18.2 Å². The van der Waals surface area contributed by atoms with E-state index in [4.69, 9.17) is 16.3 Å². The zero-order chi connectivity index (χ0) is 20.1. The maximum absolute atomic E-state index is 12.9. The van der Waals surface area contributed by atoms with Gasteiger partial charge in [0.2, 0.25) is 0 Å². The molecule has 1 heterocycles. The van der Waals surface area contributed by atoms with Gasteiger partial charge in [-0.3, -0.25) is 9.59 Å². The van der Waals surface area contributed by atoms with Crippen molar-refractivity contribution < 1.29 is 19.2 Å². The number of rotatable bonds is 6. The number of nitrogens with zero attached hydrogens (tertiary/aromatic N) is 1. The lowest BCUT2D eigenvalue weighted by Crippen LogP contribution is -3.15. The number of halogens is 1. The van der Waals surface area contributed by atoms with Crippen molar-refractivity contribution in [3.8, 4) is 5.75 Å². The monoisotopic (exact) mass is 396 g/mol. The fourth-order valence-corrected chi connectivity index (χ4v) is 3.88. The molecule has 2 rings (SSSR count). The highest BCUT2D eigenvalue weighted by Gasteiger charge is 2.32. The van der Waals surface area contributed by atoms with Crippen LogP contribution >= 0.6 is 11.6 Å². The van der Waals surface area contributed by atoms with Gasteiger partial charge in [0.15, 0.2) is 12.6 Å². The average molecular weight is 397 g/mol. The van der Waals surface area contributed by atoms with Gasteiger partial charge in [0.05, 0.1) is 19.8 Å². The number of likely N-dealkylation sites (tertiary alicyclic amines) is 1. The maximum atomic E-state index is 12.9. The fraction of sp³-hybridized carbons (Fsp3) is 0.600. The van der Waals surface area contributed by atoms with Gasteiger partial charge < -0.3 is 19.9 Å². The van der Waals surface area contributed by atoms with Gasteiger partial charge in [-0.25, -0.2) is 0 Å². The van der Waals surface area contributed by atoms with Crippen LogP contribution in [0, 0.1) is 11.8 Å². The number of methoxy groups -OCH3 is 1. The van der Waals surface area contributed by atoms with Crippen LogP contribution in [0.25, 0.3) is 0 Å². The summed E-state index contributed by atoms with van der Waals surface area (Å²) in [6, 6.07) is 4.78. The van der Waals surface area contributed by atoms with Gasteiger partial charge in [-0.1, -0.05) is 25.4 Å². The van der Waals surface area contributed by atoms with Gasteiger partial charge in [0, 0.05) is 18.1 Å². The molecule has 0 saturated carbocycles. The molecular formula is C20H31ClN3O3+. The Morgan fingerprint density at radius 3 is 2.56 bits per heavy atom. The molecule has 2 amide bonds. The van der Waals surface area contributed by atoms with Crippen LogP contribution in [0.1, 0.15) is 27.2 Å². The van der Waals surface area contributed by atoms with Gasteiger partial charge in [0.25, 0.3) is 11.8 Å². The number of likely N-dealkylation sites (N-methyl/N-ethyl adjacent to an activating group) is 1. The molecule has 1 aromatic carbocycles. The number of benzene rings is 1. The molecule has 1 aliphatic rings. The Balaban J connectivity index is 1.95. The van der Waals surface area contributed by atoms with Crippen LogP contribution in [0.3, 0.4) is 0 Å². The number of hydrogen-bond donors (Lipinski definition) is 2. The molecule has 1 unspecified atom stereocenters. The van der Waals surface area contributed by atoms with Crippen molar-refractivity contribution in [2.75, 3.05) is 39.1 Å². The van der Waals surface area contributed by atoms with Crippen molar-refractivity contribution in [1.82, 2.24) is 4.90 Å². The van der Waals surface area contributed by atoms with E-state index in [9.17, 15) is 9.59 Å². The van der Waals surface area contributed by atoms with Crippen LogP contribution in [0.2, 0.25) is 5.02 Å². The summed E-state index contributed by atoms with van der Waals surface area (Å²) in [5, 5.41) is 3.34. The highest BCUT2D eigenvalue weighted by molar-refractivity contribution is 6.31. The summed E-state index contributed by atoms with van der Waals surface area (Å²) in [7, 11) is 3.41. The third kappa shape index (κ3) is 5.84. The largest absolute Gasteiger partial charge is 0.495 e. The van der Waals surface area contributed by atoms with Gasteiger partial charge in [-0.15, -0.1) is 0 Å². The molecule has 4 atom stereocenters. The Kier molecular flexibility index (Phi) is 7.50. The molecule has 6 nitrogen and oxygen atoms in total. The van der Waals surface area contributed by atoms with Crippen LogP contribution < -0.4 is 15.0 Å². The number of carbonyl (C=O) groups excluding carboxylic acids is 2. The number of piperidine rings is 1. The van der Waals surface area contributed by atoms with Crippen molar-refractivity contribution in [1.29, 1.82) is 0 Å². The topological polar surface area (TPSA) is 63.1 Å². The first kappa shape index (κ1) is 21.5. The maximum Gasteiger partial charge on any atom is 0.280 e. The van der Waals surface area contributed by atoms with Crippen molar-refractivity contribution in [3.05, 3.63) is 23.2 Å². The Hall–Kier alpha value is -1.79. The van der Waals surface area contributed by atoms with E-state index in [1.807, 2.05) is 18.9 Å². The number of nitrogens with one attached hydrogen (secondary N) is 2. The highest BCUT2D eigenvalue weighted by atomic mass is 35.5. The second-order valence-electron chi connectivity index (χ2n) is 7.83. The van der Waals surface area contributed by atoms with E-state index < -0.39 is 0 Å². The van der Waals surface area contributed by atoms with Crippen LogP contribution in [0.4, 0.5) is 5.69 Å². The number of carbonyl (C=O) groups is 2. The summed E-state index contributed by atoms with van der Waals surface area (Å²) in [4.78, 5) is 28.1. The standard InChI is InChI=1S/C20H30ClN3O3/c1-13-8-14(2)11-24(10-13)20(26)15(3)23(4)12-19(25)22-17-9-16(21)6-7-18(17)27-5/h6-7,9,13-15H,8,10-12H2,1-5H3,(H,22,25)/p+1/t13-,14-,15+/m0/s1. The lowest BCUT2D eigenvalue weighted by Gasteiger charge is -2.36. The number of ether oxygens (including phenoxy) is 1. The molecule has 2 N–H and O–H groups in total. The minimum absolute atomic E-state index is 0.110. The van der Waals surface area contributed by atoms with Crippen LogP contribution in [-0.4, -0.2) is 56.5 Å². The molecule has 7 heteroatoms. The molecule has 1 aromatic rings. The zero-order valence-electron chi connectivity index (χ0n) is 16.8. The lowest BCUT2D eigenvalue weighted by atomic mass is 9.91. The lowest BCUT2D eigenvalue weighted by molar-refractivity contribution is -0.886. The molecule has 1 fully saturated rings. The van der Waals surface area contributed by atoms with Crippen molar-refractivity contribution >= 4 is 29.1 Å². The van der Waals surface area contributed by atoms with Crippen LogP contribution in [0.15, 0.2) is 18.2 Å². The fourth-order valence-electron chi connectivity index (χ4n) is 3.71. The molecular weight excluding hydrogens is 366 g/mol. The summed E-state index contributed by atoms with van der Waals surface area (Å²) in [5.41, 5.74) is 0.528. The van der Waals surface area contributed by atoms with Crippen molar-refractivity contribution in [3.63, 3.8) is 0 Å². The second-order valence-corrected chi connectivity index (χ2v) is 8.26. The molecule has 27 heavy (non-hydrogen) atoms. The van der Waals surface area contributed by atoms with E-state index in [1.165, 1.54) is 7.11 Å². The Morgan fingerprint density at radius 1 is 1.33 bits per heavy atom. The summed E-state index contributed by atoms with van der Waals surface area (Å²) in [6.45, 7) is 8.03. The summed E-state index contributed by atoms with van der Waals surface area (Å²) in [5.74, 6) is 1.51. The SMILES string of the molecule is COc1ccc(Cl)cc1NC(=O)C[NH+](C)[C@H](C)C(=O)N1C[C@@H](C)C[C@H](C)C1. The van der Waals surface area contributed by atoms with Crippen molar-refractivity contribution in [2.24, 2.45) is 11.8 Å². The summed E-state index contributed by atoms with van der Waals surface area (Å²) in [6.07, 6.45) is 1.16. The summed E-state index contributed by atoms with van der Waals surface area (Å²) < 4.78 is 5.25. The molecule has 0 bridgehead atoms. The normalized spacial score (nSPS) is 22.1. The first-order chi connectivity index (χ1) is 12.7. The highest BCUT2D eigenvalue weighted by Crippen LogP contribution is 2.27. The molecule has 0 aromatic heterocycles. The number of hydrogen-bond acceptors (Lipinski definition) is 3. The first-order valence-electron chi connectivity index (χ1n) is 9.45. The number of amides is 2. The predicted octanol–water partition coefficient (Wildman–Crippen LogP) is 1.69. The Bertz CT molecular complexity index is 672. The predicted molar refractivity (Wildman–Crippen MR) is 107 cm³/mol. The van der Waals surface area contributed by atoms with E-state index in [0.717, 1.165) is 24.4 Å². The molecule has 1 aliphatic heterocycles. The number of anilines is 1. The summed E-state index contributed by atoms with van der Waals surface area (Å²) >= 11 is 6.00. The number of quaternary nitrogens is 1. The van der Waals surface area contributed by atoms with Gasteiger partial charge in [0.1, 0.15) is 5.75 Å². The van der Waals surface area contributed by atoms with E-state index >= 15 is 0 Å². The molecule has 150 valence electrons. The van der Waals surface area contributed by atoms with Crippen LogP contribution in [-0.2, 0) is 9.59 Å². The van der Waals surface area contributed by atoms with Gasteiger partial charge in [-0.05, 0) is 43.4 Å². The van der Waals surface area contributed by atoms with E-state index in [0.29, 0.717) is 28.3 Å². The Labute approximate surface area is 166 Å². The average Bonchev–Trinajstić information content (AvgIpc) is 2.59. The first-order valence-corrected chi connectivity index (χ1v) is 9.83. The quantitative estimate of drug-likeness (QED) is 0.769. The van der Waals surface area contributed by atoms with E-state index in [2.05, 4.69) is 19.2 Å². The third-order valence-corrected chi connectivity index (χ3v) is 5.40. The van der Waals surface area contributed by atoms with Crippen LogP contribution in [0.5, 0.6) is 5.75 Å². The smallest absolute Gasteiger partial charge is 0.280 e. The molecule has 1 saturated heterocycles. The molecule has 0 radical (unpaired) electrons. The molecule has 0 spiro atoms.